The van der Waals surface area contributed by atoms with Crippen LogP contribution in [-0.4, -0.2) is 5.96 Å². The molecule has 0 aliphatic heterocycles. The van der Waals surface area contributed by atoms with Crippen LogP contribution < -0.4 is 11.5 Å². The van der Waals surface area contributed by atoms with Crippen LogP contribution in [0.1, 0.15) is 5.56 Å². The van der Waals surface area contributed by atoms with E-state index in [1.807, 2.05) is 18.2 Å². The van der Waals surface area contributed by atoms with Crippen molar-refractivity contribution in [3.63, 3.8) is 0 Å². The van der Waals surface area contributed by atoms with Gasteiger partial charge in [0.1, 0.15) is 0 Å². The Hall–Kier alpha value is -0.300. The Balaban J connectivity index is 2.83. The molecule has 0 saturated carbocycles. The third-order valence-electron chi connectivity index (χ3n) is 1.37. The average Bonchev–Trinajstić information content (AvgIpc) is 1.99. The predicted octanol–water partition coefficient (Wildman–Crippen LogP) is 1.83. The van der Waals surface area contributed by atoms with Gasteiger partial charge in [0, 0.05) is 8.04 Å². The predicted molar refractivity (Wildman–Crippen MR) is 66.4 cm³/mol. The summed E-state index contributed by atoms with van der Waals surface area (Å²) in [6.07, 6.45) is 0. The zero-order valence-electron chi connectivity index (χ0n) is 6.80. The van der Waals surface area contributed by atoms with Gasteiger partial charge in [0.2, 0.25) is 0 Å². The second-order valence-electron chi connectivity index (χ2n) is 2.52. The molecule has 0 heterocycles. The van der Waals surface area contributed by atoms with Crippen molar-refractivity contribution < 1.29 is 0 Å². The summed E-state index contributed by atoms with van der Waals surface area (Å²) in [6, 6.07) is 6.06. The van der Waals surface area contributed by atoms with E-state index < -0.39 is 0 Å². The molecule has 0 aliphatic carbocycles. The Labute approximate surface area is 98.9 Å². The molecule has 0 atom stereocenters. The molecular weight excluding hydrogens is 345 g/mol. The van der Waals surface area contributed by atoms with Gasteiger partial charge in [-0.25, -0.2) is 4.99 Å². The summed E-state index contributed by atoms with van der Waals surface area (Å²) in [4.78, 5) is 3.93. The summed E-state index contributed by atoms with van der Waals surface area (Å²) in [5, 5.41) is 0. The average molecular weight is 354 g/mol. The molecule has 0 bridgehead atoms. The number of halogens is 2. The van der Waals surface area contributed by atoms with Gasteiger partial charge in [0.05, 0.1) is 6.54 Å². The highest BCUT2D eigenvalue weighted by Crippen LogP contribution is 2.17. The van der Waals surface area contributed by atoms with Crippen LogP contribution in [0.2, 0.25) is 0 Å². The highest BCUT2D eigenvalue weighted by Gasteiger charge is 1.96. The standard InChI is InChI=1S/C8H9BrIN3/c9-6-1-5(2-7(10)3-6)4-13-8(11)12/h1-3H,4H2,(H4,11,12,13). The van der Waals surface area contributed by atoms with E-state index in [0.29, 0.717) is 6.54 Å². The molecule has 4 N–H and O–H groups in total. The lowest BCUT2D eigenvalue weighted by Gasteiger charge is -2.00. The van der Waals surface area contributed by atoms with Crippen LogP contribution in [0.4, 0.5) is 0 Å². The maximum atomic E-state index is 5.23. The first-order valence-corrected chi connectivity index (χ1v) is 5.45. The Morgan fingerprint density at radius 1 is 1.38 bits per heavy atom. The summed E-state index contributed by atoms with van der Waals surface area (Å²) in [5.41, 5.74) is 11.6. The number of benzene rings is 1. The van der Waals surface area contributed by atoms with Gasteiger partial charge < -0.3 is 11.5 Å². The van der Waals surface area contributed by atoms with Crippen LogP contribution in [0, 0.1) is 3.57 Å². The largest absolute Gasteiger partial charge is 0.370 e. The fourth-order valence-electron chi connectivity index (χ4n) is 0.885. The molecule has 0 saturated heterocycles. The maximum absolute atomic E-state index is 5.23. The van der Waals surface area contributed by atoms with Gasteiger partial charge in [-0.1, -0.05) is 15.9 Å². The molecular formula is C8H9BrIN3. The van der Waals surface area contributed by atoms with E-state index in [9.17, 15) is 0 Å². The molecule has 0 unspecified atom stereocenters. The van der Waals surface area contributed by atoms with E-state index in [4.69, 9.17) is 11.5 Å². The van der Waals surface area contributed by atoms with Crippen molar-refractivity contribution in [3.05, 3.63) is 31.8 Å². The van der Waals surface area contributed by atoms with Gasteiger partial charge in [-0.15, -0.1) is 0 Å². The second-order valence-corrected chi connectivity index (χ2v) is 4.68. The molecule has 13 heavy (non-hydrogen) atoms. The molecule has 1 aromatic carbocycles. The molecule has 0 aromatic heterocycles. The Bertz CT molecular complexity index is 314. The summed E-state index contributed by atoms with van der Waals surface area (Å²) in [6.45, 7) is 0.526. The number of nitrogens with zero attached hydrogens (tertiary/aromatic N) is 1. The minimum atomic E-state index is 0.120. The Kier molecular flexibility index (Phi) is 3.98. The van der Waals surface area contributed by atoms with Gasteiger partial charge in [0.25, 0.3) is 0 Å². The quantitative estimate of drug-likeness (QED) is 0.484. The van der Waals surface area contributed by atoms with Crippen molar-refractivity contribution >= 4 is 44.5 Å². The smallest absolute Gasteiger partial charge is 0.186 e. The minimum Gasteiger partial charge on any atom is -0.370 e. The van der Waals surface area contributed by atoms with E-state index in [1.54, 1.807) is 0 Å². The monoisotopic (exact) mass is 353 g/mol. The minimum absolute atomic E-state index is 0.120. The Morgan fingerprint density at radius 2 is 2.08 bits per heavy atom. The van der Waals surface area contributed by atoms with Crippen molar-refractivity contribution in [2.24, 2.45) is 16.5 Å². The lowest BCUT2D eigenvalue weighted by Crippen LogP contribution is -2.22. The zero-order valence-corrected chi connectivity index (χ0v) is 10.5. The van der Waals surface area contributed by atoms with Crippen LogP contribution in [0.25, 0.3) is 0 Å². The summed E-state index contributed by atoms with van der Waals surface area (Å²) in [5.74, 6) is 0.120. The molecule has 0 aliphatic rings. The van der Waals surface area contributed by atoms with E-state index in [-0.39, 0.29) is 5.96 Å². The van der Waals surface area contributed by atoms with Gasteiger partial charge in [-0.2, -0.15) is 0 Å². The first-order chi connectivity index (χ1) is 6.08. The fourth-order valence-corrected chi connectivity index (χ4v) is 2.59. The molecule has 3 nitrogen and oxygen atoms in total. The molecule has 1 aromatic rings. The molecule has 0 spiro atoms. The normalized spacial score (nSPS) is 9.69. The van der Waals surface area contributed by atoms with E-state index in [0.717, 1.165) is 13.6 Å². The highest BCUT2D eigenvalue weighted by atomic mass is 127. The lowest BCUT2D eigenvalue weighted by molar-refractivity contribution is 1.05. The third-order valence-corrected chi connectivity index (χ3v) is 2.45. The Morgan fingerprint density at radius 3 is 2.62 bits per heavy atom. The lowest BCUT2D eigenvalue weighted by atomic mass is 10.2. The van der Waals surface area contributed by atoms with Gasteiger partial charge in [-0.05, 0) is 46.4 Å². The molecule has 70 valence electrons. The van der Waals surface area contributed by atoms with Crippen LogP contribution in [0.5, 0.6) is 0 Å². The number of hydrogen-bond acceptors (Lipinski definition) is 1. The van der Waals surface area contributed by atoms with E-state index >= 15 is 0 Å². The molecule has 0 radical (unpaired) electrons. The van der Waals surface area contributed by atoms with Crippen molar-refractivity contribution in [3.8, 4) is 0 Å². The van der Waals surface area contributed by atoms with Crippen LogP contribution in [-0.2, 0) is 6.54 Å². The first kappa shape index (κ1) is 10.8. The van der Waals surface area contributed by atoms with E-state index in [1.165, 1.54) is 0 Å². The first-order valence-electron chi connectivity index (χ1n) is 3.58. The topological polar surface area (TPSA) is 64.4 Å². The second kappa shape index (κ2) is 4.80. The number of guanidine groups is 1. The molecule has 0 amide bonds. The number of nitrogens with two attached hydrogens (primary N) is 2. The highest BCUT2D eigenvalue weighted by molar-refractivity contribution is 14.1. The van der Waals surface area contributed by atoms with Gasteiger partial charge >= 0.3 is 0 Å². The summed E-state index contributed by atoms with van der Waals surface area (Å²) in [7, 11) is 0. The molecule has 5 heteroatoms. The maximum Gasteiger partial charge on any atom is 0.186 e. The number of aliphatic imine (C=N–C) groups is 1. The van der Waals surface area contributed by atoms with E-state index in [2.05, 4.69) is 43.5 Å². The molecule has 0 fully saturated rings. The molecule has 1 rings (SSSR count). The number of hydrogen-bond donors (Lipinski definition) is 2. The van der Waals surface area contributed by atoms with Crippen LogP contribution in [0.15, 0.2) is 27.7 Å². The van der Waals surface area contributed by atoms with Gasteiger partial charge in [0.15, 0.2) is 5.96 Å². The van der Waals surface area contributed by atoms with Crippen molar-refractivity contribution in [1.82, 2.24) is 0 Å². The third kappa shape index (κ3) is 3.95. The van der Waals surface area contributed by atoms with Crippen LogP contribution in [0.3, 0.4) is 0 Å². The van der Waals surface area contributed by atoms with Crippen molar-refractivity contribution in [1.29, 1.82) is 0 Å². The van der Waals surface area contributed by atoms with Crippen molar-refractivity contribution in [2.45, 2.75) is 6.54 Å². The van der Waals surface area contributed by atoms with Crippen LogP contribution >= 0.6 is 38.5 Å². The summed E-state index contributed by atoms with van der Waals surface area (Å²) < 4.78 is 2.20. The number of rotatable bonds is 2. The fraction of sp³-hybridized carbons (Fsp3) is 0.125. The SMILES string of the molecule is NC(N)=NCc1cc(Br)cc(I)c1. The van der Waals surface area contributed by atoms with Gasteiger partial charge in [-0.3, -0.25) is 0 Å². The zero-order chi connectivity index (χ0) is 9.84. The van der Waals surface area contributed by atoms with Crippen molar-refractivity contribution in [2.75, 3.05) is 0 Å². The summed E-state index contributed by atoms with van der Waals surface area (Å²) >= 11 is 5.65.